The normalized spacial score (nSPS) is 29.4. The summed E-state index contributed by atoms with van der Waals surface area (Å²) in [6.07, 6.45) is -0.0506. The molecule has 0 aromatic heterocycles. The lowest BCUT2D eigenvalue weighted by atomic mass is 10.1. The van der Waals surface area contributed by atoms with Crippen LogP contribution in [-0.2, 0) is 9.53 Å². The molecule has 5 nitrogen and oxygen atoms in total. The summed E-state index contributed by atoms with van der Waals surface area (Å²) in [4.78, 5) is 24.9. The van der Waals surface area contributed by atoms with Gasteiger partial charge in [0.1, 0.15) is 5.60 Å². The van der Waals surface area contributed by atoms with E-state index in [1.165, 1.54) is 4.90 Å². The molecule has 2 fully saturated rings. The SMILES string of the molecule is CC(C)(C)OC(=O)N1C(=O)CC2CNCC21. The molecule has 0 bridgehead atoms. The molecule has 0 aromatic rings. The quantitative estimate of drug-likeness (QED) is 0.662. The molecular formula is C11H18N2O3. The molecule has 16 heavy (non-hydrogen) atoms. The van der Waals surface area contributed by atoms with Gasteiger partial charge in [0, 0.05) is 25.4 Å². The number of nitrogens with zero attached hydrogens (tertiary/aromatic N) is 1. The molecule has 90 valence electrons. The Bertz CT molecular complexity index is 322. The summed E-state index contributed by atoms with van der Waals surface area (Å²) in [5.41, 5.74) is -0.554. The third kappa shape index (κ3) is 2.04. The van der Waals surface area contributed by atoms with Crippen LogP contribution >= 0.6 is 0 Å². The van der Waals surface area contributed by atoms with Gasteiger partial charge in [-0.3, -0.25) is 4.79 Å². The fraction of sp³-hybridized carbons (Fsp3) is 0.818. The largest absolute Gasteiger partial charge is 0.443 e. The molecule has 2 unspecified atom stereocenters. The highest BCUT2D eigenvalue weighted by Gasteiger charge is 2.46. The average molecular weight is 226 g/mol. The standard InChI is InChI=1S/C11H18N2O3/c1-11(2,3)16-10(15)13-8-6-12-5-7(8)4-9(13)14/h7-8,12H,4-6H2,1-3H3. The summed E-state index contributed by atoms with van der Waals surface area (Å²) in [5, 5.41) is 3.19. The lowest BCUT2D eigenvalue weighted by Gasteiger charge is -2.26. The van der Waals surface area contributed by atoms with Crippen LogP contribution in [-0.4, -0.2) is 41.6 Å². The molecule has 0 spiro atoms. The Hall–Kier alpha value is -1.10. The number of likely N-dealkylation sites (tertiary alicyclic amines) is 1. The number of rotatable bonds is 0. The Kier molecular flexibility index (Phi) is 2.66. The van der Waals surface area contributed by atoms with Crippen molar-refractivity contribution >= 4 is 12.0 Å². The molecule has 0 aliphatic carbocycles. The second-order valence-corrected chi connectivity index (χ2v) is 5.43. The Morgan fingerprint density at radius 1 is 1.44 bits per heavy atom. The van der Waals surface area contributed by atoms with E-state index in [1.54, 1.807) is 20.8 Å². The van der Waals surface area contributed by atoms with Crippen LogP contribution in [0.2, 0.25) is 0 Å². The second kappa shape index (κ2) is 3.73. The van der Waals surface area contributed by atoms with Gasteiger partial charge in [0.05, 0.1) is 6.04 Å². The van der Waals surface area contributed by atoms with Crippen molar-refractivity contribution < 1.29 is 14.3 Å². The predicted molar refractivity (Wildman–Crippen MR) is 57.8 cm³/mol. The number of ether oxygens (including phenoxy) is 1. The average Bonchev–Trinajstić information content (AvgIpc) is 2.58. The van der Waals surface area contributed by atoms with E-state index in [0.717, 1.165) is 6.54 Å². The molecule has 1 N–H and O–H groups in total. The highest BCUT2D eigenvalue weighted by molar-refractivity contribution is 5.94. The minimum Gasteiger partial charge on any atom is -0.443 e. The first kappa shape index (κ1) is 11.4. The topological polar surface area (TPSA) is 58.6 Å². The predicted octanol–water partition coefficient (Wildman–Crippen LogP) is 0.742. The van der Waals surface area contributed by atoms with Crippen LogP contribution in [0.1, 0.15) is 27.2 Å². The number of fused-ring (bicyclic) bond motifs is 1. The lowest BCUT2D eigenvalue weighted by Crippen LogP contribution is -2.44. The fourth-order valence-electron chi connectivity index (χ4n) is 2.29. The lowest BCUT2D eigenvalue weighted by molar-refractivity contribution is -0.128. The Morgan fingerprint density at radius 3 is 2.75 bits per heavy atom. The molecule has 2 aliphatic rings. The van der Waals surface area contributed by atoms with E-state index >= 15 is 0 Å². The first-order valence-electron chi connectivity index (χ1n) is 5.64. The summed E-state index contributed by atoms with van der Waals surface area (Å²) in [6, 6.07) is -0.0117. The van der Waals surface area contributed by atoms with Crippen molar-refractivity contribution in [2.75, 3.05) is 13.1 Å². The van der Waals surface area contributed by atoms with Crippen LogP contribution in [0.5, 0.6) is 0 Å². The fourth-order valence-corrected chi connectivity index (χ4v) is 2.29. The van der Waals surface area contributed by atoms with Gasteiger partial charge >= 0.3 is 6.09 Å². The maximum atomic E-state index is 11.9. The van der Waals surface area contributed by atoms with Gasteiger partial charge in [-0.15, -0.1) is 0 Å². The summed E-state index contributed by atoms with van der Waals surface area (Å²) in [6.45, 7) is 6.91. The summed E-state index contributed by atoms with van der Waals surface area (Å²) < 4.78 is 5.24. The molecule has 2 amide bonds. The molecule has 0 saturated carbocycles. The summed E-state index contributed by atoms with van der Waals surface area (Å²) in [5.74, 6) is 0.158. The first-order chi connectivity index (χ1) is 7.38. The number of imide groups is 1. The maximum Gasteiger partial charge on any atom is 0.417 e. The monoisotopic (exact) mass is 226 g/mol. The van der Waals surface area contributed by atoms with Crippen molar-refractivity contribution in [3.05, 3.63) is 0 Å². The Labute approximate surface area is 95.1 Å². The van der Waals surface area contributed by atoms with Crippen LogP contribution < -0.4 is 5.32 Å². The van der Waals surface area contributed by atoms with E-state index in [2.05, 4.69) is 5.32 Å². The van der Waals surface area contributed by atoms with E-state index in [1.807, 2.05) is 0 Å². The van der Waals surface area contributed by atoms with Crippen molar-refractivity contribution in [3.63, 3.8) is 0 Å². The van der Waals surface area contributed by atoms with Gasteiger partial charge < -0.3 is 10.1 Å². The summed E-state index contributed by atoms with van der Waals surface area (Å²) in [7, 11) is 0. The smallest absolute Gasteiger partial charge is 0.417 e. The third-order valence-electron chi connectivity index (χ3n) is 2.93. The Morgan fingerprint density at radius 2 is 2.12 bits per heavy atom. The van der Waals surface area contributed by atoms with Gasteiger partial charge in [-0.05, 0) is 20.8 Å². The number of hydrogen-bond acceptors (Lipinski definition) is 4. The number of amides is 2. The zero-order chi connectivity index (χ0) is 11.9. The molecule has 2 rings (SSSR count). The number of hydrogen-bond donors (Lipinski definition) is 1. The van der Waals surface area contributed by atoms with Gasteiger partial charge in [-0.25, -0.2) is 9.69 Å². The Balaban J connectivity index is 2.08. The minimum atomic E-state index is -0.554. The molecular weight excluding hydrogens is 208 g/mol. The van der Waals surface area contributed by atoms with Crippen LogP contribution in [0.4, 0.5) is 4.79 Å². The molecule has 0 aromatic carbocycles. The van der Waals surface area contributed by atoms with E-state index < -0.39 is 11.7 Å². The molecule has 2 aliphatic heterocycles. The van der Waals surface area contributed by atoms with E-state index in [9.17, 15) is 9.59 Å². The molecule has 2 atom stereocenters. The number of nitrogens with one attached hydrogen (secondary N) is 1. The van der Waals surface area contributed by atoms with Crippen molar-refractivity contribution in [2.24, 2.45) is 5.92 Å². The zero-order valence-electron chi connectivity index (χ0n) is 9.95. The maximum absolute atomic E-state index is 11.9. The molecule has 5 heteroatoms. The van der Waals surface area contributed by atoms with Crippen LogP contribution in [0.15, 0.2) is 0 Å². The van der Waals surface area contributed by atoms with Crippen LogP contribution in [0.25, 0.3) is 0 Å². The molecule has 2 heterocycles. The van der Waals surface area contributed by atoms with E-state index in [-0.39, 0.29) is 17.9 Å². The summed E-state index contributed by atoms with van der Waals surface area (Å²) >= 11 is 0. The number of carbonyl (C=O) groups is 2. The van der Waals surface area contributed by atoms with Crippen LogP contribution in [0.3, 0.4) is 0 Å². The highest BCUT2D eigenvalue weighted by Crippen LogP contribution is 2.29. The van der Waals surface area contributed by atoms with Gasteiger partial charge in [0.15, 0.2) is 0 Å². The van der Waals surface area contributed by atoms with Crippen molar-refractivity contribution in [1.82, 2.24) is 10.2 Å². The zero-order valence-corrected chi connectivity index (χ0v) is 9.95. The van der Waals surface area contributed by atoms with Gasteiger partial charge in [-0.1, -0.05) is 0 Å². The third-order valence-corrected chi connectivity index (χ3v) is 2.93. The molecule has 0 radical (unpaired) electrons. The van der Waals surface area contributed by atoms with Crippen molar-refractivity contribution in [1.29, 1.82) is 0 Å². The van der Waals surface area contributed by atoms with E-state index in [4.69, 9.17) is 4.74 Å². The van der Waals surface area contributed by atoms with Gasteiger partial charge in [0.25, 0.3) is 0 Å². The first-order valence-corrected chi connectivity index (χ1v) is 5.64. The van der Waals surface area contributed by atoms with E-state index in [0.29, 0.717) is 13.0 Å². The van der Waals surface area contributed by atoms with Crippen LogP contribution in [0, 0.1) is 5.92 Å². The van der Waals surface area contributed by atoms with Gasteiger partial charge in [-0.2, -0.15) is 0 Å². The van der Waals surface area contributed by atoms with Crippen molar-refractivity contribution in [2.45, 2.75) is 38.8 Å². The van der Waals surface area contributed by atoms with Crippen molar-refractivity contribution in [3.8, 4) is 0 Å². The minimum absolute atomic E-state index is 0.0117. The highest BCUT2D eigenvalue weighted by atomic mass is 16.6. The number of carbonyl (C=O) groups excluding carboxylic acids is 2. The molecule has 2 saturated heterocycles. The second-order valence-electron chi connectivity index (χ2n) is 5.43. The van der Waals surface area contributed by atoms with Gasteiger partial charge in [0.2, 0.25) is 5.91 Å².